The highest BCUT2D eigenvalue weighted by atomic mass is 32.2. The number of rotatable bonds is 10. The van der Waals surface area contributed by atoms with E-state index in [2.05, 4.69) is 12.1 Å². The van der Waals surface area contributed by atoms with E-state index in [0.29, 0.717) is 12.3 Å². The van der Waals surface area contributed by atoms with Crippen LogP contribution < -0.4 is 4.74 Å². The molecule has 0 spiro atoms. The van der Waals surface area contributed by atoms with Gasteiger partial charge in [-0.25, -0.2) is 0 Å². The number of likely N-dealkylation sites (N-methyl/N-ethyl adjacent to an activating group) is 1. The Hall–Kier alpha value is -2.25. The predicted octanol–water partition coefficient (Wildman–Crippen LogP) is 4.83. The summed E-state index contributed by atoms with van der Waals surface area (Å²) in [6, 6.07) is 12.2. The molecule has 1 fully saturated rings. The Morgan fingerprint density at radius 1 is 1.27 bits per heavy atom. The van der Waals surface area contributed by atoms with Gasteiger partial charge in [-0.05, 0) is 66.7 Å². The van der Waals surface area contributed by atoms with Crippen molar-refractivity contribution >= 4 is 41.0 Å². The summed E-state index contributed by atoms with van der Waals surface area (Å²) in [7, 11) is 3.61. The van der Waals surface area contributed by atoms with E-state index in [1.54, 1.807) is 36.3 Å². The smallest absolute Gasteiger partial charge is 0.246 e. The van der Waals surface area contributed by atoms with Gasteiger partial charge in [0.15, 0.2) is 0 Å². The Bertz CT molecular complexity index is 921. The molecule has 1 aliphatic heterocycles. The lowest BCUT2D eigenvalue weighted by Crippen LogP contribution is -2.48. The monoisotopic (exact) mass is 486 g/mol. The fourth-order valence-corrected chi connectivity index (χ4v) is 5.36. The van der Waals surface area contributed by atoms with Gasteiger partial charge < -0.3 is 14.5 Å². The van der Waals surface area contributed by atoms with Crippen LogP contribution in [0.4, 0.5) is 0 Å². The highest BCUT2D eigenvalue weighted by Gasteiger charge is 2.32. The van der Waals surface area contributed by atoms with Gasteiger partial charge in [0, 0.05) is 49.3 Å². The van der Waals surface area contributed by atoms with Crippen molar-refractivity contribution < 1.29 is 14.3 Å². The third kappa shape index (κ3) is 7.37. The molecule has 3 rings (SSSR count). The molecule has 5 nitrogen and oxygen atoms in total. The molecule has 0 saturated carbocycles. The molecule has 2 heterocycles. The Balaban J connectivity index is 1.67. The van der Waals surface area contributed by atoms with E-state index in [1.165, 1.54) is 5.56 Å². The molecule has 1 atom stereocenters. The number of carbonyl (C=O) groups excluding carboxylic acids is 2. The number of methoxy groups -OCH3 is 1. The van der Waals surface area contributed by atoms with Gasteiger partial charge in [-0.2, -0.15) is 11.8 Å². The van der Waals surface area contributed by atoms with Gasteiger partial charge in [0.05, 0.1) is 7.11 Å². The second-order valence-electron chi connectivity index (χ2n) is 8.38. The maximum Gasteiger partial charge on any atom is 0.246 e. The first-order valence-corrected chi connectivity index (χ1v) is 13.7. The lowest BCUT2D eigenvalue weighted by Gasteiger charge is -2.40. The summed E-state index contributed by atoms with van der Waals surface area (Å²) in [5, 5.41) is 2.01. The molecule has 0 bridgehead atoms. The maximum atomic E-state index is 12.9. The van der Waals surface area contributed by atoms with Crippen molar-refractivity contribution in [1.29, 1.82) is 0 Å². The van der Waals surface area contributed by atoms with Crippen molar-refractivity contribution in [1.82, 2.24) is 9.80 Å². The molecule has 0 N–H and O–H groups in total. The topological polar surface area (TPSA) is 49.9 Å². The molecule has 33 heavy (non-hydrogen) atoms. The minimum absolute atomic E-state index is 0.0654. The normalized spacial score (nSPS) is 15.5. The quantitative estimate of drug-likeness (QED) is 0.451. The molecular weight excluding hydrogens is 452 g/mol. The molecule has 1 saturated heterocycles. The number of piperidine rings is 1. The molecule has 1 aromatic heterocycles. The molecular formula is C26H34N2O3S2. The van der Waals surface area contributed by atoms with Crippen LogP contribution in [0.2, 0.25) is 0 Å². The number of thiophene rings is 1. The van der Waals surface area contributed by atoms with Crippen LogP contribution in [-0.2, 0) is 16.0 Å². The van der Waals surface area contributed by atoms with Crippen LogP contribution in [0.3, 0.4) is 0 Å². The highest BCUT2D eigenvalue weighted by molar-refractivity contribution is 7.98. The van der Waals surface area contributed by atoms with Crippen molar-refractivity contribution in [3.8, 4) is 5.75 Å². The second-order valence-corrected chi connectivity index (χ2v) is 10.3. The second kappa shape index (κ2) is 12.8. The largest absolute Gasteiger partial charge is 0.497 e. The molecule has 1 aromatic carbocycles. The van der Waals surface area contributed by atoms with Crippen LogP contribution in [0.5, 0.6) is 5.75 Å². The maximum absolute atomic E-state index is 12.9. The average molecular weight is 487 g/mol. The van der Waals surface area contributed by atoms with E-state index in [9.17, 15) is 9.59 Å². The van der Waals surface area contributed by atoms with Crippen LogP contribution in [0.25, 0.3) is 6.08 Å². The first-order valence-electron chi connectivity index (χ1n) is 11.4. The van der Waals surface area contributed by atoms with Crippen LogP contribution in [0, 0.1) is 5.92 Å². The summed E-state index contributed by atoms with van der Waals surface area (Å²) >= 11 is 3.32. The number of benzene rings is 1. The SMILES string of the molecule is COc1cccc(C[C@@H](C2CCN(C(=O)/C=C/c3cccs3)CC2)N(C)C(=O)CCSC)c1. The Morgan fingerprint density at radius 3 is 2.73 bits per heavy atom. The van der Waals surface area contributed by atoms with Gasteiger partial charge in [-0.1, -0.05) is 18.2 Å². The average Bonchev–Trinajstić information content (AvgIpc) is 3.38. The van der Waals surface area contributed by atoms with Crippen molar-refractivity contribution in [2.75, 3.05) is 39.3 Å². The number of nitrogens with zero attached hydrogens (tertiary/aromatic N) is 2. The zero-order valence-electron chi connectivity index (χ0n) is 19.7. The van der Waals surface area contributed by atoms with Crippen molar-refractivity contribution in [3.63, 3.8) is 0 Å². The lowest BCUT2D eigenvalue weighted by atomic mass is 9.84. The number of hydrogen-bond donors (Lipinski definition) is 0. The van der Waals surface area contributed by atoms with Gasteiger partial charge in [-0.3, -0.25) is 9.59 Å². The first-order chi connectivity index (χ1) is 16.0. The fraction of sp³-hybridized carbons (Fsp3) is 0.462. The predicted molar refractivity (Wildman–Crippen MR) is 139 cm³/mol. The van der Waals surface area contributed by atoms with Crippen LogP contribution in [0.15, 0.2) is 47.9 Å². The van der Waals surface area contributed by atoms with Crippen LogP contribution >= 0.6 is 23.1 Å². The Kier molecular flexibility index (Phi) is 9.88. The summed E-state index contributed by atoms with van der Waals surface area (Å²) in [6.45, 7) is 1.44. The summed E-state index contributed by atoms with van der Waals surface area (Å²) in [4.78, 5) is 30.5. The van der Waals surface area contributed by atoms with Gasteiger partial charge in [0.25, 0.3) is 0 Å². The number of thioether (sulfide) groups is 1. The van der Waals surface area contributed by atoms with Gasteiger partial charge in [0.2, 0.25) is 11.8 Å². The molecule has 0 radical (unpaired) electrons. The first kappa shape index (κ1) is 25.4. The van der Waals surface area contributed by atoms with Gasteiger partial charge in [-0.15, -0.1) is 11.3 Å². The fourth-order valence-electron chi connectivity index (χ4n) is 4.36. The van der Waals surface area contributed by atoms with E-state index >= 15 is 0 Å². The minimum atomic E-state index is 0.0654. The highest BCUT2D eigenvalue weighted by Crippen LogP contribution is 2.28. The van der Waals surface area contributed by atoms with E-state index < -0.39 is 0 Å². The third-order valence-electron chi connectivity index (χ3n) is 6.32. The zero-order valence-corrected chi connectivity index (χ0v) is 21.4. The molecule has 2 amide bonds. The Morgan fingerprint density at radius 2 is 2.06 bits per heavy atom. The third-order valence-corrected chi connectivity index (χ3v) is 7.77. The number of likely N-dealkylation sites (tertiary alicyclic amines) is 1. The number of ether oxygens (including phenoxy) is 1. The number of amides is 2. The molecule has 1 aliphatic rings. The van der Waals surface area contributed by atoms with Crippen molar-refractivity contribution in [2.45, 2.75) is 31.7 Å². The molecule has 7 heteroatoms. The van der Waals surface area contributed by atoms with Gasteiger partial charge in [0.1, 0.15) is 5.75 Å². The number of hydrogen-bond acceptors (Lipinski definition) is 5. The van der Waals surface area contributed by atoms with Crippen LogP contribution in [0.1, 0.15) is 29.7 Å². The summed E-state index contributed by atoms with van der Waals surface area (Å²) in [5.41, 5.74) is 1.17. The molecule has 2 aromatic rings. The Labute approximate surface area is 205 Å². The van der Waals surface area contributed by atoms with E-state index in [1.807, 2.05) is 58.8 Å². The van der Waals surface area contributed by atoms with Crippen LogP contribution in [-0.4, -0.2) is 66.9 Å². The van der Waals surface area contributed by atoms with E-state index in [0.717, 1.165) is 48.7 Å². The lowest BCUT2D eigenvalue weighted by molar-refractivity contribution is -0.134. The zero-order chi connectivity index (χ0) is 23.6. The van der Waals surface area contributed by atoms with E-state index in [4.69, 9.17) is 4.74 Å². The summed E-state index contributed by atoms with van der Waals surface area (Å²) in [6.07, 6.45) is 8.73. The number of carbonyl (C=O) groups is 2. The summed E-state index contributed by atoms with van der Waals surface area (Å²) < 4.78 is 5.40. The molecule has 0 aliphatic carbocycles. The van der Waals surface area contributed by atoms with E-state index in [-0.39, 0.29) is 17.9 Å². The summed E-state index contributed by atoms with van der Waals surface area (Å²) in [5.74, 6) is 2.27. The minimum Gasteiger partial charge on any atom is -0.497 e. The van der Waals surface area contributed by atoms with Crippen molar-refractivity contribution in [2.24, 2.45) is 5.92 Å². The standard InChI is InChI=1S/C26H34N2O3S2/c1-27(25(29)13-17-32-3)24(19-20-6-4-7-22(18-20)31-2)21-11-14-28(15-12-21)26(30)10-9-23-8-5-16-33-23/h4-10,16,18,21,24H,11-15,17,19H2,1-3H3/b10-9+/t24-/m0/s1. The van der Waals surface area contributed by atoms with Crippen molar-refractivity contribution in [3.05, 3.63) is 58.3 Å². The molecule has 178 valence electrons. The van der Waals surface area contributed by atoms with Gasteiger partial charge >= 0.3 is 0 Å². The molecule has 0 unspecified atom stereocenters.